The molecule has 1 aromatic heterocycles. The Labute approximate surface area is 74.5 Å². The molecule has 0 aliphatic rings. The minimum absolute atomic E-state index is 0.0784. The highest BCUT2D eigenvalue weighted by Gasteiger charge is 1.89. The molecule has 0 unspecified atom stereocenters. The number of carbonyl (C=O) groups is 1. The van der Waals surface area contributed by atoms with E-state index in [9.17, 15) is 4.79 Å². The van der Waals surface area contributed by atoms with Gasteiger partial charge in [0.25, 0.3) is 0 Å². The van der Waals surface area contributed by atoms with Crippen molar-refractivity contribution in [3.05, 3.63) is 18.0 Å². The highest BCUT2D eigenvalue weighted by Crippen LogP contribution is 1.99. The second kappa shape index (κ2) is 4.62. The minimum Gasteiger partial charge on any atom is -0.363 e. The van der Waals surface area contributed by atoms with E-state index >= 15 is 0 Å². The third kappa shape index (κ3) is 3.26. The number of thioether (sulfide) groups is 1. The van der Waals surface area contributed by atoms with Gasteiger partial charge in [0.2, 0.25) is 0 Å². The van der Waals surface area contributed by atoms with E-state index in [4.69, 9.17) is 0 Å². The highest BCUT2D eigenvalue weighted by atomic mass is 32.2. The van der Waals surface area contributed by atoms with Gasteiger partial charge < -0.3 is 4.52 Å². The SMILES string of the molecule is CC(=O)SCC#Cc1cnoc1. The molecule has 0 aliphatic carbocycles. The summed E-state index contributed by atoms with van der Waals surface area (Å²) in [5, 5.41) is 3.56. The van der Waals surface area contributed by atoms with Crippen LogP contribution in [0.15, 0.2) is 17.0 Å². The average molecular weight is 181 g/mol. The lowest BCUT2D eigenvalue weighted by Crippen LogP contribution is -1.81. The third-order valence-electron chi connectivity index (χ3n) is 1.01. The standard InChI is InChI=1S/C8H7NO2S/c1-7(10)12-4-2-3-8-5-9-11-6-8/h5-6H,4H2,1H3. The molecule has 3 nitrogen and oxygen atoms in total. The van der Waals surface area contributed by atoms with Crippen LogP contribution in [0, 0.1) is 11.8 Å². The summed E-state index contributed by atoms with van der Waals surface area (Å²) in [6, 6.07) is 0. The number of hydrogen-bond acceptors (Lipinski definition) is 4. The number of aromatic nitrogens is 1. The first-order chi connectivity index (χ1) is 5.79. The van der Waals surface area contributed by atoms with Crippen LogP contribution in [0.3, 0.4) is 0 Å². The summed E-state index contributed by atoms with van der Waals surface area (Å²) in [5.74, 6) is 6.13. The summed E-state index contributed by atoms with van der Waals surface area (Å²) >= 11 is 1.19. The predicted octanol–water partition coefficient (Wildman–Crippen LogP) is 1.31. The topological polar surface area (TPSA) is 43.1 Å². The lowest BCUT2D eigenvalue weighted by atomic mass is 10.4. The maximum absolute atomic E-state index is 10.5. The Morgan fingerprint density at radius 3 is 3.25 bits per heavy atom. The maximum Gasteiger partial charge on any atom is 0.186 e. The first kappa shape index (κ1) is 8.88. The monoisotopic (exact) mass is 181 g/mol. The van der Waals surface area contributed by atoms with E-state index in [0.717, 1.165) is 5.56 Å². The van der Waals surface area contributed by atoms with Crippen LogP contribution in [0.25, 0.3) is 0 Å². The van der Waals surface area contributed by atoms with Gasteiger partial charge in [-0.05, 0) is 0 Å². The first-order valence-corrected chi connectivity index (χ1v) is 4.29. The van der Waals surface area contributed by atoms with Gasteiger partial charge in [0.15, 0.2) is 5.12 Å². The van der Waals surface area contributed by atoms with Gasteiger partial charge in [-0.3, -0.25) is 4.79 Å². The molecule has 0 bridgehead atoms. The Bertz CT molecular complexity index is 308. The van der Waals surface area contributed by atoms with E-state index in [1.165, 1.54) is 31.1 Å². The van der Waals surface area contributed by atoms with Crippen molar-refractivity contribution >= 4 is 16.9 Å². The lowest BCUT2D eigenvalue weighted by Gasteiger charge is -1.82. The van der Waals surface area contributed by atoms with Gasteiger partial charge in [0.05, 0.1) is 17.5 Å². The summed E-state index contributed by atoms with van der Waals surface area (Å²) in [7, 11) is 0. The Balaban J connectivity index is 2.35. The average Bonchev–Trinajstić information content (AvgIpc) is 2.49. The van der Waals surface area contributed by atoms with E-state index in [1.54, 1.807) is 0 Å². The fourth-order valence-electron chi connectivity index (χ4n) is 0.542. The van der Waals surface area contributed by atoms with Crippen LogP contribution in [0.5, 0.6) is 0 Å². The zero-order valence-electron chi connectivity index (χ0n) is 6.53. The van der Waals surface area contributed by atoms with Gasteiger partial charge in [-0.2, -0.15) is 0 Å². The Morgan fingerprint density at radius 1 is 1.83 bits per heavy atom. The van der Waals surface area contributed by atoms with Crippen LogP contribution < -0.4 is 0 Å². The molecule has 0 N–H and O–H groups in total. The van der Waals surface area contributed by atoms with Crippen LogP contribution >= 0.6 is 11.8 Å². The van der Waals surface area contributed by atoms with Crippen molar-refractivity contribution in [2.45, 2.75) is 6.92 Å². The van der Waals surface area contributed by atoms with Gasteiger partial charge in [-0.1, -0.05) is 28.8 Å². The first-order valence-electron chi connectivity index (χ1n) is 3.30. The molecule has 0 aliphatic heterocycles. The second-order valence-corrected chi connectivity index (χ2v) is 3.15. The van der Waals surface area contributed by atoms with Gasteiger partial charge in [-0.25, -0.2) is 0 Å². The minimum atomic E-state index is 0.0784. The molecule has 12 heavy (non-hydrogen) atoms. The van der Waals surface area contributed by atoms with Crippen molar-refractivity contribution in [1.29, 1.82) is 0 Å². The lowest BCUT2D eigenvalue weighted by molar-refractivity contribution is -0.109. The van der Waals surface area contributed by atoms with Crippen LogP contribution in [-0.4, -0.2) is 16.0 Å². The fourth-order valence-corrected chi connectivity index (χ4v) is 0.890. The van der Waals surface area contributed by atoms with Crippen molar-refractivity contribution in [3.8, 4) is 11.8 Å². The molecular weight excluding hydrogens is 174 g/mol. The molecule has 0 aromatic carbocycles. The number of hydrogen-bond donors (Lipinski definition) is 0. The molecule has 1 rings (SSSR count). The molecule has 0 spiro atoms. The van der Waals surface area contributed by atoms with E-state index in [0.29, 0.717) is 5.75 Å². The van der Waals surface area contributed by atoms with Crippen LogP contribution in [0.4, 0.5) is 0 Å². The zero-order chi connectivity index (χ0) is 8.81. The summed E-state index contributed by atoms with van der Waals surface area (Å²) < 4.78 is 4.57. The van der Waals surface area contributed by atoms with Gasteiger partial charge >= 0.3 is 0 Å². The van der Waals surface area contributed by atoms with E-state index in [2.05, 4.69) is 21.5 Å². The summed E-state index contributed by atoms with van der Waals surface area (Å²) in [4.78, 5) is 10.5. The van der Waals surface area contributed by atoms with Crippen molar-refractivity contribution in [1.82, 2.24) is 5.16 Å². The summed E-state index contributed by atoms with van der Waals surface area (Å²) in [5.41, 5.74) is 0.735. The molecule has 62 valence electrons. The van der Waals surface area contributed by atoms with E-state index in [-0.39, 0.29) is 5.12 Å². The zero-order valence-corrected chi connectivity index (χ0v) is 7.35. The van der Waals surface area contributed by atoms with Crippen LogP contribution in [0.2, 0.25) is 0 Å². The highest BCUT2D eigenvalue weighted by molar-refractivity contribution is 8.13. The van der Waals surface area contributed by atoms with Crippen molar-refractivity contribution in [2.24, 2.45) is 0 Å². The Kier molecular flexibility index (Phi) is 3.42. The van der Waals surface area contributed by atoms with Gasteiger partial charge in [0.1, 0.15) is 6.26 Å². The molecular formula is C8H7NO2S. The van der Waals surface area contributed by atoms with Crippen molar-refractivity contribution in [3.63, 3.8) is 0 Å². The molecule has 0 amide bonds. The molecule has 0 saturated heterocycles. The number of rotatable bonds is 1. The smallest absolute Gasteiger partial charge is 0.186 e. The normalized spacial score (nSPS) is 8.75. The second-order valence-electron chi connectivity index (χ2n) is 2.00. The molecule has 0 radical (unpaired) electrons. The largest absolute Gasteiger partial charge is 0.363 e. The molecule has 1 aromatic rings. The molecule has 0 fully saturated rings. The fraction of sp³-hybridized carbons (Fsp3) is 0.250. The predicted molar refractivity (Wildman–Crippen MR) is 46.5 cm³/mol. The van der Waals surface area contributed by atoms with Crippen molar-refractivity contribution < 1.29 is 9.32 Å². The third-order valence-corrected chi connectivity index (χ3v) is 1.71. The molecule has 0 atom stereocenters. The van der Waals surface area contributed by atoms with E-state index in [1.807, 2.05) is 0 Å². The van der Waals surface area contributed by atoms with Crippen LogP contribution in [0.1, 0.15) is 12.5 Å². The summed E-state index contributed by atoms with van der Waals surface area (Å²) in [6.07, 6.45) is 3.00. The quantitative estimate of drug-likeness (QED) is 0.612. The van der Waals surface area contributed by atoms with Crippen LogP contribution in [-0.2, 0) is 4.79 Å². The summed E-state index contributed by atoms with van der Waals surface area (Å²) in [6.45, 7) is 1.52. The molecule has 0 saturated carbocycles. The molecule has 1 heterocycles. The van der Waals surface area contributed by atoms with Gasteiger partial charge in [0, 0.05) is 6.92 Å². The Hall–Kier alpha value is -1.21. The Morgan fingerprint density at radius 2 is 2.67 bits per heavy atom. The van der Waals surface area contributed by atoms with Gasteiger partial charge in [-0.15, -0.1) is 0 Å². The van der Waals surface area contributed by atoms with E-state index < -0.39 is 0 Å². The molecule has 4 heteroatoms. The maximum atomic E-state index is 10.5. The van der Waals surface area contributed by atoms with Crippen molar-refractivity contribution in [2.75, 3.05) is 5.75 Å². The number of nitrogens with zero attached hydrogens (tertiary/aromatic N) is 1. The number of carbonyl (C=O) groups excluding carboxylic acids is 1.